The minimum Gasteiger partial charge on any atom is -0.479 e. The Balaban J connectivity index is 2.05. The van der Waals surface area contributed by atoms with Gasteiger partial charge >= 0.3 is 12.1 Å². The molecular weight excluding hydrogens is 322 g/mol. The van der Waals surface area contributed by atoms with Crippen LogP contribution in [0.3, 0.4) is 0 Å². The molecule has 0 spiro atoms. The Kier molecular flexibility index (Phi) is 6.19. The van der Waals surface area contributed by atoms with Gasteiger partial charge in [0.1, 0.15) is 5.60 Å². The molecule has 1 aromatic rings. The molecule has 0 aromatic heterocycles. The molecule has 1 N–H and O–H groups in total. The van der Waals surface area contributed by atoms with E-state index >= 15 is 0 Å². The molecule has 138 valence electrons. The van der Waals surface area contributed by atoms with Gasteiger partial charge in [0.05, 0.1) is 13.1 Å². The summed E-state index contributed by atoms with van der Waals surface area (Å²) < 4.78 is 11.3. The molecule has 1 saturated heterocycles. The summed E-state index contributed by atoms with van der Waals surface area (Å²) in [7, 11) is 0. The second kappa shape index (κ2) is 7.97. The van der Waals surface area contributed by atoms with Crippen molar-refractivity contribution >= 4 is 12.1 Å². The Bertz CT molecular complexity index is 588. The van der Waals surface area contributed by atoms with Crippen LogP contribution in [-0.2, 0) is 20.7 Å². The number of nitrogens with zero attached hydrogens (tertiary/aromatic N) is 1. The van der Waals surface area contributed by atoms with Crippen LogP contribution in [0.15, 0.2) is 30.3 Å². The molecule has 25 heavy (non-hydrogen) atoms. The van der Waals surface area contributed by atoms with E-state index in [1.807, 2.05) is 51.1 Å². The number of carboxylic acids is 1. The molecule has 0 saturated carbocycles. The van der Waals surface area contributed by atoms with Crippen LogP contribution in [0.2, 0.25) is 0 Å². The van der Waals surface area contributed by atoms with Crippen molar-refractivity contribution in [1.82, 2.24) is 0 Å². The number of carbonyl (C=O) groups is 2. The number of likely N-dealkylation sites (tertiary alicyclic amines) is 1. The topological polar surface area (TPSA) is 72.8 Å². The highest BCUT2D eigenvalue weighted by Gasteiger charge is 2.44. The van der Waals surface area contributed by atoms with E-state index < -0.39 is 17.7 Å². The Morgan fingerprint density at radius 3 is 2.28 bits per heavy atom. The number of hydrogen-bond acceptors (Lipinski definition) is 4. The molecule has 6 heteroatoms. The highest BCUT2D eigenvalue weighted by Crippen LogP contribution is 2.24. The van der Waals surface area contributed by atoms with E-state index in [-0.39, 0.29) is 23.7 Å². The summed E-state index contributed by atoms with van der Waals surface area (Å²) >= 11 is 0. The summed E-state index contributed by atoms with van der Waals surface area (Å²) in [4.78, 5) is 24.2. The Morgan fingerprint density at radius 2 is 1.76 bits per heavy atom. The van der Waals surface area contributed by atoms with E-state index in [1.165, 1.54) is 0 Å². The van der Waals surface area contributed by atoms with Crippen molar-refractivity contribution in [2.75, 3.05) is 19.8 Å². The average molecular weight is 350 g/mol. The fourth-order valence-electron chi connectivity index (χ4n) is 2.94. The lowest BCUT2D eigenvalue weighted by atomic mass is 10.1. The lowest BCUT2D eigenvalue weighted by Crippen LogP contribution is -2.54. The van der Waals surface area contributed by atoms with Gasteiger partial charge in [-0.1, -0.05) is 30.3 Å². The third kappa shape index (κ3) is 5.54. The van der Waals surface area contributed by atoms with Crippen LogP contribution in [-0.4, -0.2) is 53.2 Å². The van der Waals surface area contributed by atoms with Crippen molar-refractivity contribution < 1.29 is 28.7 Å². The van der Waals surface area contributed by atoms with E-state index in [9.17, 15) is 14.7 Å². The second-order valence-electron chi connectivity index (χ2n) is 7.59. The van der Waals surface area contributed by atoms with Crippen LogP contribution in [0.1, 0.15) is 39.2 Å². The minimum atomic E-state index is -1.02. The van der Waals surface area contributed by atoms with Crippen LogP contribution in [0.4, 0.5) is 4.79 Å². The summed E-state index contributed by atoms with van der Waals surface area (Å²) in [6.45, 7) is 6.74. The van der Waals surface area contributed by atoms with Gasteiger partial charge in [0.2, 0.25) is 0 Å². The van der Waals surface area contributed by atoms with Crippen molar-refractivity contribution in [1.29, 1.82) is 0 Å². The van der Waals surface area contributed by atoms with E-state index in [4.69, 9.17) is 9.47 Å². The summed E-state index contributed by atoms with van der Waals surface area (Å²) in [5, 5.41) is 9.47. The SMILES string of the molecule is CC(C)(C)OC(=O)[N+]1(CO[C@@H](Cc2ccccc2)C(=O)O)CCCC1. The zero-order valence-electron chi connectivity index (χ0n) is 15.2. The second-order valence-corrected chi connectivity index (χ2v) is 7.59. The Hall–Kier alpha value is -1.92. The molecule has 6 nitrogen and oxygen atoms in total. The number of rotatable bonds is 6. The molecule has 0 bridgehead atoms. The van der Waals surface area contributed by atoms with Crippen molar-refractivity contribution in [3.63, 3.8) is 0 Å². The van der Waals surface area contributed by atoms with Crippen LogP contribution in [0.25, 0.3) is 0 Å². The number of carboxylic acid groups (broad SMARTS) is 1. The van der Waals surface area contributed by atoms with Crippen LogP contribution in [0.5, 0.6) is 0 Å². The van der Waals surface area contributed by atoms with Crippen molar-refractivity contribution in [3.05, 3.63) is 35.9 Å². The normalized spacial score (nSPS) is 17.9. The van der Waals surface area contributed by atoms with Gasteiger partial charge in [-0.25, -0.2) is 4.79 Å². The van der Waals surface area contributed by atoms with Gasteiger partial charge in [0, 0.05) is 19.3 Å². The highest BCUT2D eigenvalue weighted by atomic mass is 16.6. The number of carbonyl (C=O) groups excluding carboxylic acids is 1. The zero-order chi connectivity index (χ0) is 18.5. The number of ether oxygens (including phenoxy) is 2. The largest absolute Gasteiger partial charge is 0.518 e. The van der Waals surface area contributed by atoms with Gasteiger partial charge in [-0.05, 0) is 26.3 Å². The van der Waals surface area contributed by atoms with Gasteiger partial charge in [-0.15, -0.1) is 0 Å². The van der Waals surface area contributed by atoms with Crippen LogP contribution >= 0.6 is 0 Å². The van der Waals surface area contributed by atoms with Crippen molar-refractivity contribution in [3.8, 4) is 0 Å². The lowest BCUT2D eigenvalue weighted by Gasteiger charge is -2.33. The third-order valence-electron chi connectivity index (χ3n) is 4.27. The molecule has 0 unspecified atom stereocenters. The summed E-state index contributed by atoms with van der Waals surface area (Å²) in [6.07, 6.45) is 0.747. The number of aliphatic carboxylic acids is 1. The molecule has 1 aromatic carbocycles. The first kappa shape index (κ1) is 19.4. The number of hydrogen-bond donors (Lipinski definition) is 1. The summed E-state index contributed by atoms with van der Waals surface area (Å²) in [5.74, 6) is -1.02. The van der Waals surface area contributed by atoms with Crippen molar-refractivity contribution in [2.24, 2.45) is 0 Å². The standard InChI is InChI=1S/C19H27NO5/c1-19(2,3)25-18(23)20(11-7-8-12-20)14-24-16(17(21)22)13-15-9-5-4-6-10-15/h4-6,9-10,16H,7-8,11-14H2,1-3H3/p+1/t16-/m0/s1. The zero-order valence-corrected chi connectivity index (χ0v) is 15.2. The Labute approximate surface area is 148 Å². The molecule has 1 amide bonds. The molecule has 1 aliphatic rings. The molecule has 0 aliphatic carbocycles. The van der Waals surface area contributed by atoms with Gasteiger partial charge < -0.3 is 14.6 Å². The number of benzene rings is 1. The number of quaternary nitrogens is 1. The van der Waals surface area contributed by atoms with Gasteiger partial charge in [0.25, 0.3) is 0 Å². The predicted octanol–water partition coefficient (Wildman–Crippen LogP) is 3.20. The first-order valence-electron chi connectivity index (χ1n) is 8.70. The maximum Gasteiger partial charge on any atom is 0.518 e. The van der Waals surface area contributed by atoms with E-state index in [1.54, 1.807) is 0 Å². The molecule has 1 heterocycles. The average Bonchev–Trinajstić information content (AvgIpc) is 3.01. The third-order valence-corrected chi connectivity index (χ3v) is 4.27. The van der Waals surface area contributed by atoms with Gasteiger partial charge in [-0.3, -0.25) is 0 Å². The minimum absolute atomic E-state index is 0.0265. The van der Waals surface area contributed by atoms with E-state index in [0.717, 1.165) is 18.4 Å². The van der Waals surface area contributed by atoms with Crippen LogP contribution < -0.4 is 0 Å². The van der Waals surface area contributed by atoms with Gasteiger partial charge in [0.15, 0.2) is 12.8 Å². The van der Waals surface area contributed by atoms with Gasteiger partial charge in [-0.2, -0.15) is 9.28 Å². The predicted molar refractivity (Wildman–Crippen MR) is 93.0 cm³/mol. The molecule has 0 radical (unpaired) electrons. The molecule has 1 atom stereocenters. The smallest absolute Gasteiger partial charge is 0.479 e. The Morgan fingerprint density at radius 1 is 1.16 bits per heavy atom. The molecule has 1 fully saturated rings. The van der Waals surface area contributed by atoms with E-state index in [2.05, 4.69) is 0 Å². The first-order valence-corrected chi connectivity index (χ1v) is 8.70. The van der Waals surface area contributed by atoms with E-state index in [0.29, 0.717) is 13.1 Å². The summed E-state index contributed by atoms with van der Waals surface area (Å²) in [6, 6.07) is 9.35. The summed E-state index contributed by atoms with van der Waals surface area (Å²) in [5.41, 5.74) is 0.307. The lowest BCUT2D eigenvalue weighted by molar-refractivity contribution is -0.867. The van der Waals surface area contributed by atoms with Crippen LogP contribution in [0, 0.1) is 0 Å². The number of amides is 1. The quantitative estimate of drug-likeness (QED) is 0.798. The fraction of sp³-hybridized carbons (Fsp3) is 0.579. The molecule has 1 aliphatic heterocycles. The first-order chi connectivity index (χ1) is 11.7. The maximum absolute atomic E-state index is 12.6. The fourth-order valence-corrected chi connectivity index (χ4v) is 2.94. The van der Waals surface area contributed by atoms with Crippen molar-refractivity contribution in [2.45, 2.75) is 51.7 Å². The monoisotopic (exact) mass is 350 g/mol. The maximum atomic E-state index is 12.6. The molecule has 2 rings (SSSR count). The highest BCUT2D eigenvalue weighted by molar-refractivity contribution is 5.72. The molecular formula is C19H28NO5+.